The SMILES string of the molecule is CCN(C(=O)O)c1cc(Br)cn(C)c1=O. The molecular formula is C9H11BrN2O3. The number of nitrogens with zero attached hydrogens (tertiary/aromatic N) is 2. The van der Waals surface area contributed by atoms with Gasteiger partial charge >= 0.3 is 6.09 Å². The number of hydrogen-bond acceptors (Lipinski definition) is 2. The average molecular weight is 275 g/mol. The molecule has 0 aliphatic heterocycles. The number of halogens is 1. The summed E-state index contributed by atoms with van der Waals surface area (Å²) >= 11 is 3.21. The highest BCUT2D eigenvalue weighted by Gasteiger charge is 2.16. The maximum atomic E-state index is 11.7. The molecule has 0 bridgehead atoms. The Morgan fingerprint density at radius 1 is 1.67 bits per heavy atom. The van der Waals surface area contributed by atoms with Gasteiger partial charge in [-0.1, -0.05) is 0 Å². The van der Waals surface area contributed by atoms with Gasteiger partial charge in [0.2, 0.25) is 0 Å². The van der Waals surface area contributed by atoms with Gasteiger partial charge in [0.05, 0.1) is 0 Å². The number of anilines is 1. The summed E-state index contributed by atoms with van der Waals surface area (Å²) < 4.78 is 2.00. The number of amides is 1. The zero-order valence-electron chi connectivity index (χ0n) is 8.40. The fourth-order valence-electron chi connectivity index (χ4n) is 1.26. The van der Waals surface area contributed by atoms with Crippen LogP contribution in [0.4, 0.5) is 10.5 Å². The van der Waals surface area contributed by atoms with Gasteiger partial charge in [0.1, 0.15) is 5.69 Å². The van der Waals surface area contributed by atoms with Gasteiger partial charge in [0, 0.05) is 24.3 Å². The van der Waals surface area contributed by atoms with Crippen LogP contribution in [0, 0.1) is 0 Å². The van der Waals surface area contributed by atoms with Crippen molar-refractivity contribution in [2.24, 2.45) is 7.05 Å². The van der Waals surface area contributed by atoms with Crippen LogP contribution in [0.15, 0.2) is 21.5 Å². The zero-order valence-corrected chi connectivity index (χ0v) is 9.98. The summed E-state index contributed by atoms with van der Waals surface area (Å²) in [7, 11) is 1.58. The first-order valence-electron chi connectivity index (χ1n) is 4.34. The van der Waals surface area contributed by atoms with Gasteiger partial charge in [-0.3, -0.25) is 9.69 Å². The Hall–Kier alpha value is -1.30. The highest BCUT2D eigenvalue weighted by atomic mass is 79.9. The minimum Gasteiger partial charge on any atom is -0.465 e. The molecule has 1 aromatic rings. The molecule has 5 nitrogen and oxygen atoms in total. The topological polar surface area (TPSA) is 62.5 Å². The van der Waals surface area contributed by atoms with Gasteiger partial charge in [0.25, 0.3) is 5.56 Å². The summed E-state index contributed by atoms with van der Waals surface area (Å²) in [6.07, 6.45) is 0.453. The third kappa shape index (κ3) is 2.38. The Morgan fingerprint density at radius 2 is 2.27 bits per heavy atom. The molecular weight excluding hydrogens is 264 g/mol. The quantitative estimate of drug-likeness (QED) is 0.892. The van der Waals surface area contributed by atoms with Crippen molar-refractivity contribution in [2.75, 3.05) is 11.4 Å². The van der Waals surface area contributed by atoms with Gasteiger partial charge in [0.15, 0.2) is 0 Å². The molecule has 1 amide bonds. The lowest BCUT2D eigenvalue weighted by atomic mass is 10.3. The summed E-state index contributed by atoms with van der Waals surface area (Å²) in [6.45, 7) is 1.91. The van der Waals surface area contributed by atoms with Crippen LogP contribution in [-0.4, -0.2) is 22.3 Å². The number of aromatic nitrogens is 1. The Kier molecular flexibility index (Phi) is 3.52. The van der Waals surface area contributed by atoms with E-state index in [1.165, 1.54) is 10.6 Å². The molecule has 0 radical (unpaired) electrons. The van der Waals surface area contributed by atoms with E-state index in [1.54, 1.807) is 20.2 Å². The van der Waals surface area contributed by atoms with Gasteiger partial charge in [-0.2, -0.15) is 0 Å². The third-order valence-electron chi connectivity index (χ3n) is 1.97. The Balaban J connectivity index is 3.35. The summed E-state index contributed by atoms with van der Waals surface area (Å²) in [5.74, 6) is 0. The molecule has 6 heteroatoms. The van der Waals surface area contributed by atoms with Crippen LogP contribution in [0.2, 0.25) is 0 Å². The highest BCUT2D eigenvalue weighted by Crippen LogP contribution is 2.15. The minimum absolute atomic E-state index is 0.155. The van der Waals surface area contributed by atoms with E-state index >= 15 is 0 Å². The van der Waals surface area contributed by atoms with Crippen LogP contribution < -0.4 is 10.5 Å². The number of carboxylic acid groups (broad SMARTS) is 1. The summed E-state index contributed by atoms with van der Waals surface area (Å²) in [5, 5.41) is 8.90. The van der Waals surface area contributed by atoms with Crippen molar-refractivity contribution in [1.29, 1.82) is 0 Å². The molecule has 1 heterocycles. The molecule has 1 N–H and O–H groups in total. The van der Waals surface area contributed by atoms with Crippen molar-refractivity contribution in [3.05, 3.63) is 27.1 Å². The van der Waals surface area contributed by atoms with Crippen LogP contribution in [0.1, 0.15) is 6.92 Å². The maximum absolute atomic E-state index is 11.7. The van der Waals surface area contributed by atoms with E-state index in [9.17, 15) is 9.59 Å². The largest absolute Gasteiger partial charge is 0.465 e. The molecule has 0 aliphatic carbocycles. The molecule has 15 heavy (non-hydrogen) atoms. The van der Waals surface area contributed by atoms with Gasteiger partial charge in [-0.25, -0.2) is 4.79 Å². The molecule has 0 unspecified atom stereocenters. The van der Waals surface area contributed by atoms with Gasteiger partial charge < -0.3 is 9.67 Å². The lowest BCUT2D eigenvalue weighted by molar-refractivity contribution is 0.202. The first-order chi connectivity index (χ1) is 6.97. The molecule has 0 fully saturated rings. The van der Waals surface area contributed by atoms with E-state index in [0.29, 0.717) is 4.47 Å². The second kappa shape index (κ2) is 4.48. The smallest absolute Gasteiger partial charge is 0.411 e. The van der Waals surface area contributed by atoms with Crippen molar-refractivity contribution >= 4 is 27.7 Å². The Labute approximate surface area is 95.1 Å². The van der Waals surface area contributed by atoms with E-state index in [0.717, 1.165) is 4.90 Å². The van der Waals surface area contributed by atoms with Crippen molar-refractivity contribution in [3.63, 3.8) is 0 Å². The first-order valence-corrected chi connectivity index (χ1v) is 5.13. The van der Waals surface area contributed by atoms with Crippen molar-refractivity contribution < 1.29 is 9.90 Å². The second-order valence-electron chi connectivity index (χ2n) is 2.99. The molecule has 0 saturated carbocycles. The fraction of sp³-hybridized carbons (Fsp3) is 0.333. The summed E-state index contributed by atoms with van der Waals surface area (Å²) in [6, 6.07) is 1.50. The Morgan fingerprint density at radius 3 is 2.73 bits per heavy atom. The number of hydrogen-bond donors (Lipinski definition) is 1. The maximum Gasteiger partial charge on any atom is 0.411 e. The summed E-state index contributed by atoms with van der Waals surface area (Å²) in [4.78, 5) is 23.5. The number of rotatable bonds is 2. The van der Waals surface area contributed by atoms with Crippen molar-refractivity contribution in [1.82, 2.24) is 4.57 Å². The van der Waals surface area contributed by atoms with Crippen molar-refractivity contribution in [3.8, 4) is 0 Å². The molecule has 0 atom stereocenters. The number of pyridine rings is 1. The second-order valence-corrected chi connectivity index (χ2v) is 3.90. The van der Waals surface area contributed by atoms with Gasteiger partial charge in [-0.05, 0) is 28.9 Å². The first kappa shape index (κ1) is 11.8. The Bertz CT molecular complexity index is 441. The normalized spacial score (nSPS) is 10.1. The van der Waals surface area contributed by atoms with Crippen LogP contribution in [-0.2, 0) is 7.05 Å². The molecule has 1 rings (SSSR count). The lowest BCUT2D eigenvalue weighted by Crippen LogP contribution is -2.35. The minimum atomic E-state index is -1.13. The van der Waals surface area contributed by atoms with E-state index in [4.69, 9.17) is 5.11 Å². The molecule has 0 saturated heterocycles. The molecule has 0 aliphatic rings. The molecule has 0 spiro atoms. The highest BCUT2D eigenvalue weighted by molar-refractivity contribution is 9.10. The number of aryl methyl sites for hydroxylation is 1. The monoisotopic (exact) mass is 274 g/mol. The number of carbonyl (C=O) groups is 1. The van der Waals surface area contributed by atoms with E-state index in [-0.39, 0.29) is 17.8 Å². The third-order valence-corrected chi connectivity index (χ3v) is 2.40. The zero-order chi connectivity index (χ0) is 11.6. The van der Waals surface area contributed by atoms with Crippen LogP contribution in [0.3, 0.4) is 0 Å². The van der Waals surface area contributed by atoms with E-state index in [2.05, 4.69) is 15.9 Å². The standard InChI is InChI=1S/C9H11BrN2O3/c1-3-12(9(14)15)7-4-6(10)5-11(2)8(7)13/h4-5H,3H2,1-2H3,(H,14,15). The van der Waals surface area contributed by atoms with Gasteiger partial charge in [-0.15, -0.1) is 0 Å². The lowest BCUT2D eigenvalue weighted by Gasteiger charge is -2.17. The van der Waals surface area contributed by atoms with Crippen LogP contribution in [0.25, 0.3) is 0 Å². The van der Waals surface area contributed by atoms with Crippen LogP contribution >= 0.6 is 15.9 Å². The van der Waals surface area contributed by atoms with Crippen LogP contribution in [0.5, 0.6) is 0 Å². The molecule has 1 aromatic heterocycles. The molecule has 82 valence electrons. The predicted molar refractivity (Wildman–Crippen MR) is 60.4 cm³/mol. The fourth-order valence-corrected chi connectivity index (χ4v) is 1.78. The van der Waals surface area contributed by atoms with Crippen molar-refractivity contribution in [2.45, 2.75) is 6.92 Å². The summed E-state index contributed by atoms with van der Waals surface area (Å²) in [5.41, 5.74) is -0.177. The van der Waals surface area contributed by atoms with E-state index < -0.39 is 6.09 Å². The van der Waals surface area contributed by atoms with E-state index in [1.807, 2.05) is 0 Å². The molecule has 0 aromatic carbocycles. The predicted octanol–water partition coefficient (Wildman–Crippen LogP) is 1.65. The average Bonchev–Trinajstić information content (AvgIpc) is 2.13.